The van der Waals surface area contributed by atoms with Crippen LogP contribution in [0.4, 0.5) is 0 Å². The lowest BCUT2D eigenvalue weighted by Crippen LogP contribution is -2.10. The van der Waals surface area contributed by atoms with Crippen molar-refractivity contribution in [1.82, 2.24) is 5.32 Å². The summed E-state index contributed by atoms with van der Waals surface area (Å²) in [5.41, 5.74) is 0. The average Bonchev–Trinajstić information content (AvgIpc) is 1.61. The molecule has 0 rings (SSSR count). The SMILES string of the molecule is [C]NCCOC. The smallest absolute Gasteiger partial charge is 0.0851 e. The highest BCUT2D eigenvalue weighted by Crippen LogP contribution is 1.58. The Kier molecular flexibility index (Phi) is 4.85. The Bertz CT molecular complexity index is 19.5. The zero-order valence-electron chi connectivity index (χ0n) is 3.82. The second-order valence-corrected chi connectivity index (χ2v) is 0.920. The summed E-state index contributed by atoms with van der Waals surface area (Å²) in [7, 11) is 7.98. The molecule has 0 aromatic carbocycles. The normalized spacial score (nSPS) is 9.00. The van der Waals surface area contributed by atoms with Crippen molar-refractivity contribution in [2.45, 2.75) is 0 Å². The molecule has 0 aliphatic rings. The molecule has 0 amide bonds. The number of ether oxygens (including phenoxy) is 1. The van der Waals surface area contributed by atoms with Gasteiger partial charge in [0, 0.05) is 13.7 Å². The highest BCUT2D eigenvalue weighted by atomic mass is 16.5. The maximum Gasteiger partial charge on any atom is 0.0851 e. The molecule has 35 valence electrons. The Hall–Kier alpha value is -0.0800. The zero-order valence-corrected chi connectivity index (χ0v) is 3.82. The van der Waals surface area contributed by atoms with Gasteiger partial charge < -0.3 is 10.1 Å². The Morgan fingerprint density at radius 3 is 2.67 bits per heavy atom. The van der Waals surface area contributed by atoms with Gasteiger partial charge in [-0.05, 0) is 0 Å². The molecular weight excluding hydrogens is 78.0 g/mol. The van der Waals surface area contributed by atoms with Crippen LogP contribution in [-0.2, 0) is 4.74 Å². The highest BCUT2D eigenvalue weighted by molar-refractivity contribution is 4.36. The molecule has 0 unspecified atom stereocenters. The van der Waals surface area contributed by atoms with Crippen LogP contribution < -0.4 is 5.32 Å². The van der Waals surface area contributed by atoms with Crippen LogP contribution in [-0.4, -0.2) is 20.3 Å². The van der Waals surface area contributed by atoms with Crippen molar-refractivity contribution in [3.63, 3.8) is 0 Å². The number of rotatable bonds is 3. The molecule has 0 bridgehead atoms. The first-order valence-corrected chi connectivity index (χ1v) is 1.80. The van der Waals surface area contributed by atoms with Gasteiger partial charge in [-0.2, -0.15) is 0 Å². The summed E-state index contributed by atoms with van der Waals surface area (Å²) in [6.07, 6.45) is 0. The van der Waals surface area contributed by atoms with Crippen LogP contribution in [0, 0.1) is 7.05 Å². The molecule has 0 heterocycles. The zero-order chi connectivity index (χ0) is 4.83. The molecule has 0 saturated heterocycles. The van der Waals surface area contributed by atoms with E-state index in [-0.39, 0.29) is 0 Å². The van der Waals surface area contributed by atoms with Crippen molar-refractivity contribution < 1.29 is 4.74 Å². The molecule has 1 N–H and O–H groups in total. The summed E-state index contributed by atoms with van der Waals surface area (Å²) < 4.78 is 4.60. The van der Waals surface area contributed by atoms with Crippen LogP contribution in [0.2, 0.25) is 0 Å². The first kappa shape index (κ1) is 5.92. The summed E-state index contributed by atoms with van der Waals surface area (Å²) in [5, 5.41) is 2.19. The fraction of sp³-hybridized carbons (Fsp3) is 0.750. The number of hydrogen-bond donors (Lipinski definition) is 1. The Balaban J connectivity index is 2.34. The molecular formula is C4H8NO. The van der Waals surface area contributed by atoms with E-state index in [9.17, 15) is 0 Å². The lowest BCUT2D eigenvalue weighted by molar-refractivity contribution is 0.202. The minimum atomic E-state index is 0.608. The summed E-state index contributed by atoms with van der Waals surface area (Å²) in [6, 6.07) is 0. The van der Waals surface area contributed by atoms with E-state index >= 15 is 0 Å². The van der Waals surface area contributed by atoms with Gasteiger partial charge in [-0.25, -0.2) is 0 Å². The van der Waals surface area contributed by atoms with Gasteiger partial charge in [-0.3, -0.25) is 0 Å². The summed E-state index contributed by atoms with van der Waals surface area (Å²) in [4.78, 5) is 0. The molecule has 0 aliphatic heterocycles. The van der Waals surface area contributed by atoms with Crippen molar-refractivity contribution in [1.29, 1.82) is 0 Å². The average molecular weight is 86.1 g/mol. The van der Waals surface area contributed by atoms with E-state index in [2.05, 4.69) is 10.1 Å². The number of hydrogen-bond acceptors (Lipinski definition) is 2. The third-order valence-corrected chi connectivity index (χ3v) is 0.431. The van der Waals surface area contributed by atoms with Gasteiger partial charge in [-0.15, -0.1) is 0 Å². The van der Waals surface area contributed by atoms with Gasteiger partial charge in [0.1, 0.15) is 0 Å². The molecule has 0 saturated carbocycles. The van der Waals surface area contributed by atoms with E-state index in [1.807, 2.05) is 0 Å². The number of nitrogens with one attached hydrogen (secondary N) is 1. The highest BCUT2D eigenvalue weighted by Gasteiger charge is 1.73. The van der Waals surface area contributed by atoms with E-state index in [1.54, 1.807) is 7.11 Å². The van der Waals surface area contributed by atoms with Crippen LogP contribution in [0.3, 0.4) is 0 Å². The summed E-state index contributed by atoms with van der Waals surface area (Å²) in [6.45, 7) is 1.22. The van der Waals surface area contributed by atoms with E-state index in [0.717, 1.165) is 0 Å². The number of methoxy groups -OCH3 is 1. The standard InChI is InChI=1S/C4H8NO/c1-5-3-4-6-2/h5H,3-4H2,2H3. The van der Waals surface area contributed by atoms with Gasteiger partial charge in [0.2, 0.25) is 0 Å². The van der Waals surface area contributed by atoms with Gasteiger partial charge in [0.05, 0.1) is 13.7 Å². The second-order valence-electron chi connectivity index (χ2n) is 0.920. The van der Waals surface area contributed by atoms with Gasteiger partial charge in [0.15, 0.2) is 0 Å². The van der Waals surface area contributed by atoms with E-state index in [0.29, 0.717) is 13.2 Å². The molecule has 0 aromatic heterocycles. The molecule has 0 spiro atoms. The topological polar surface area (TPSA) is 21.3 Å². The van der Waals surface area contributed by atoms with Crippen molar-refractivity contribution >= 4 is 0 Å². The van der Waals surface area contributed by atoms with Gasteiger partial charge >= 0.3 is 0 Å². The molecule has 6 heavy (non-hydrogen) atoms. The van der Waals surface area contributed by atoms with Crippen LogP contribution in [0.1, 0.15) is 0 Å². The second kappa shape index (κ2) is 4.92. The molecule has 0 aliphatic carbocycles. The van der Waals surface area contributed by atoms with E-state index < -0.39 is 0 Å². The van der Waals surface area contributed by atoms with E-state index in [4.69, 9.17) is 7.05 Å². The van der Waals surface area contributed by atoms with Crippen molar-refractivity contribution in [3.05, 3.63) is 7.05 Å². The molecule has 0 fully saturated rings. The quantitative estimate of drug-likeness (QED) is 0.479. The Labute approximate surface area is 38.5 Å². The molecule has 2 nitrogen and oxygen atoms in total. The molecule has 2 heteroatoms. The van der Waals surface area contributed by atoms with E-state index in [1.165, 1.54) is 0 Å². The minimum absolute atomic E-state index is 0.608. The maximum atomic E-state index is 6.38. The molecule has 0 aromatic rings. The lowest BCUT2D eigenvalue weighted by Gasteiger charge is -1.91. The monoisotopic (exact) mass is 86.1 g/mol. The maximum absolute atomic E-state index is 6.38. The fourth-order valence-corrected chi connectivity index (χ4v) is 0.153. The van der Waals surface area contributed by atoms with Crippen molar-refractivity contribution in [2.24, 2.45) is 0 Å². The third kappa shape index (κ3) is 3.92. The first-order chi connectivity index (χ1) is 2.91. The minimum Gasteiger partial charge on any atom is -0.383 e. The van der Waals surface area contributed by atoms with Crippen molar-refractivity contribution in [3.8, 4) is 0 Å². The predicted molar refractivity (Wildman–Crippen MR) is 23.1 cm³/mol. The summed E-state index contributed by atoms with van der Waals surface area (Å²) in [5.74, 6) is 0. The first-order valence-electron chi connectivity index (χ1n) is 1.80. The van der Waals surface area contributed by atoms with Crippen LogP contribution in [0.15, 0.2) is 0 Å². The Morgan fingerprint density at radius 1 is 1.83 bits per heavy atom. The van der Waals surface area contributed by atoms with Crippen LogP contribution in [0.5, 0.6) is 0 Å². The third-order valence-electron chi connectivity index (χ3n) is 0.431. The lowest BCUT2D eigenvalue weighted by atomic mass is 10.7. The molecule has 3 radical (unpaired) electrons. The Morgan fingerprint density at radius 2 is 2.50 bits per heavy atom. The van der Waals surface area contributed by atoms with Crippen LogP contribution >= 0.6 is 0 Å². The van der Waals surface area contributed by atoms with Gasteiger partial charge in [-0.1, -0.05) is 0 Å². The fourth-order valence-electron chi connectivity index (χ4n) is 0.153. The largest absolute Gasteiger partial charge is 0.383 e. The van der Waals surface area contributed by atoms with Crippen molar-refractivity contribution in [2.75, 3.05) is 20.3 Å². The van der Waals surface area contributed by atoms with Crippen LogP contribution in [0.25, 0.3) is 0 Å². The summed E-state index contributed by atoms with van der Waals surface area (Å²) >= 11 is 0. The van der Waals surface area contributed by atoms with Gasteiger partial charge in [0.25, 0.3) is 0 Å². The molecule has 0 atom stereocenters. The predicted octanol–water partition coefficient (Wildman–Crippen LogP) is -0.232.